The van der Waals surface area contributed by atoms with Gasteiger partial charge in [0.25, 0.3) is 0 Å². The van der Waals surface area contributed by atoms with E-state index in [4.69, 9.17) is 4.74 Å². The van der Waals surface area contributed by atoms with Crippen LogP contribution in [0, 0.1) is 0 Å². The molecule has 0 amide bonds. The van der Waals surface area contributed by atoms with Gasteiger partial charge >= 0.3 is 0 Å². The van der Waals surface area contributed by atoms with Crippen molar-refractivity contribution in [3.05, 3.63) is 48.8 Å². The summed E-state index contributed by atoms with van der Waals surface area (Å²) in [5.41, 5.74) is 2.03. The van der Waals surface area contributed by atoms with Gasteiger partial charge in [-0.3, -0.25) is 0 Å². The lowest BCUT2D eigenvalue weighted by atomic mass is 10.1. The van der Waals surface area contributed by atoms with E-state index in [0.29, 0.717) is 6.61 Å². The van der Waals surface area contributed by atoms with E-state index in [-0.39, 0.29) is 0 Å². The molecule has 0 unspecified atom stereocenters. The quantitative estimate of drug-likeness (QED) is 0.344. The minimum atomic E-state index is 0.506. The van der Waals surface area contributed by atoms with Crippen molar-refractivity contribution in [2.24, 2.45) is 0 Å². The molecule has 1 nitrogen and oxygen atoms in total. The molecule has 0 aliphatic rings. The molecule has 66 valence electrons. The second-order valence-electron chi connectivity index (χ2n) is 2.57. The van der Waals surface area contributed by atoms with Crippen LogP contribution in [0.3, 0.4) is 0 Å². The van der Waals surface area contributed by atoms with Crippen LogP contribution in [0.5, 0.6) is 0 Å². The largest absolute Gasteiger partial charge is 0.489 e. The predicted octanol–water partition coefficient (Wildman–Crippen LogP) is 3.23. The standard InChI is InChI=1S/C11H16O/c1-6-8-12-11(7-2)10(5)9(3)4/h6-7H,1-3,8H2,4-5H3/b11-10+. The number of rotatable bonds is 5. The van der Waals surface area contributed by atoms with Crippen LogP contribution in [0.1, 0.15) is 13.8 Å². The van der Waals surface area contributed by atoms with Crippen molar-refractivity contribution in [3.63, 3.8) is 0 Å². The number of ether oxygens (including phenoxy) is 1. The van der Waals surface area contributed by atoms with E-state index in [0.717, 1.165) is 16.9 Å². The zero-order valence-electron chi connectivity index (χ0n) is 7.89. The van der Waals surface area contributed by atoms with Gasteiger partial charge in [0.05, 0.1) is 0 Å². The summed E-state index contributed by atoms with van der Waals surface area (Å²) in [6, 6.07) is 0. The highest BCUT2D eigenvalue weighted by molar-refractivity contribution is 5.31. The lowest BCUT2D eigenvalue weighted by Crippen LogP contribution is -1.93. The zero-order valence-corrected chi connectivity index (χ0v) is 7.89. The van der Waals surface area contributed by atoms with Gasteiger partial charge in [-0.2, -0.15) is 0 Å². The molecule has 0 bridgehead atoms. The van der Waals surface area contributed by atoms with Gasteiger partial charge in [-0.05, 0) is 25.5 Å². The van der Waals surface area contributed by atoms with Crippen LogP contribution < -0.4 is 0 Å². The van der Waals surface area contributed by atoms with Gasteiger partial charge in [0.2, 0.25) is 0 Å². The van der Waals surface area contributed by atoms with Crippen LogP contribution in [0.2, 0.25) is 0 Å². The van der Waals surface area contributed by atoms with Crippen molar-refractivity contribution in [2.45, 2.75) is 13.8 Å². The summed E-state index contributed by atoms with van der Waals surface area (Å²) in [5.74, 6) is 0.780. The molecule has 0 aromatic carbocycles. The van der Waals surface area contributed by atoms with Crippen molar-refractivity contribution < 1.29 is 4.74 Å². The van der Waals surface area contributed by atoms with E-state index >= 15 is 0 Å². The number of allylic oxidation sites excluding steroid dienone is 3. The summed E-state index contributed by atoms with van der Waals surface area (Å²) in [6.45, 7) is 15.5. The monoisotopic (exact) mass is 164 g/mol. The molecule has 1 heteroatoms. The summed E-state index contributed by atoms with van der Waals surface area (Å²) >= 11 is 0. The first-order valence-electron chi connectivity index (χ1n) is 3.86. The van der Waals surface area contributed by atoms with E-state index in [9.17, 15) is 0 Å². The van der Waals surface area contributed by atoms with Crippen LogP contribution in [0.25, 0.3) is 0 Å². The zero-order chi connectivity index (χ0) is 9.56. The van der Waals surface area contributed by atoms with Crippen LogP contribution in [0.4, 0.5) is 0 Å². The Bertz CT molecular complexity index is 221. The molecule has 0 fully saturated rings. The van der Waals surface area contributed by atoms with Gasteiger partial charge < -0.3 is 4.74 Å². The molecule has 0 N–H and O–H groups in total. The first-order chi connectivity index (χ1) is 5.63. The van der Waals surface area contributed by atoms with Crippen molar-refractivity contribution in [3.8, 4) is 0 Å². The van der Waals surface area contributed by atoms with Crippen LogP contribution in [-0.4, -0.2) is 6.61 Å². The Morgan fingerprint density at radius 2 is 1.92 bits per heavy atom. The average molecular weight is 164 g/mol. The lowest BCUT2D eigenvalue weighted by Gasteiger charge is -2.08. The first-order valence-corrected chi connectivity index (χ1v) is 3.86. The van der Waals surface area contributed by atoms with Gasteiger partial charge in [-0.15, -0.1) is 0 Å². The van der Waals surface area contributed by atoms with Crippen LogP contribution in [0.15, 0.2) is 48.8 Å². The maximum atomic E-state index is 5.35. The SMILES string of the molecule is C=CCO/C(C=C)=C(\C)C(=C)C. The molecule has 0 aromatic heterocycles. The normalized spacial score (nSPS) is 11.5. The van der Waals surface area contributed by atoms with E-state index < -0.39 is 0 Å². The highest BCUT2D eigenvalue weighted by atomic mass is 16.5. The number of hydrogen-bond acceptors (Lipinski definition) is 1. The molecule has 0 saturated heterocycles. The van der Waals surface area contributed by atoms with Gasteiger partial charge in [0.1, 0.15) is 12.4 Å². The van der Waals surface area contributed by atoms with E-state index in [1.54, 1.807) is 12.2 Å². The fraction of sp³-hybridized carbons (Fsp3) is 0.273. The predicted molar refractivity (Wildman–Crippen MR) is 53.9 cm³/mol. The Morgan fingerprint density at radius 1 is 1.33 bits per heavy atom. The van der Waals surface area contributed by atoms with Crippen LogP contribution in [-0.2, 0) is 4.74 Å². The third-order valence-corrected chi connectivity index (χ3v) is 1.55. The summed E-state index contributed by atoms with van der Waals surface area (Å²) in [5, 5.41) is 0. The second-order valence-corrected chi connectivity index (χ2v) is 2.57. The van der Waals surface area contributed by atoms with Crippen molar-refractivity contribution in [1.29, 1.82) is 0 Å². The lowest BCUT2D eigenvalue weighted by molar-refractivity contribution is 0.259. The third-order valence-electron chi connectivity index (χ3n) is 1.55. The molecule has 12 heavy (non-hydrogen) atoms. The molecule has 0 aliphatic carbocycles. The van der Waals surface area contributed by atoms with Gasteiger partial charge in [0, 0.05) is 0 Å². The fourth-order valence-electron chi connectivity index (χ4n) is 0.679. The second kappa shape index (κ2) is 5.42. The Morgan fingerprint density at radius 3 is 2.25 bits per heavy atom. The highest BCUT2D eigenvalue weighted by Crippen LogP contribution is 2.13. The molecule has 0 spiro atoms. The first kappa shape index (κ1) is 10.8. The molecule has 0 atom stereocenters. The fourth-order valence-corrected chi connectivity index (χ4v) is 0.679. The highest BCUT2D eigenvalue weighted by Gasteiger charge is 1.98. The van der Waals surface area contributed by atoms with Crippen molar-refractivity contribution in [2.75, 3.05) is 6.61 Å². The number of hydrogen-bond donors (Lipinski definition) is 0. The Labute approximate surface area is 74.7 Å². The van der Waals surface area contributed by atoms with E-state index in [1.165, 1.54) is 0 Å². The molecule has 0 aromatic rings. The van der Waals surface area contributed by atoms with Gasteiger partial charge in [-0.1, -0.05) is 31.4 Å². The molecule has 0 aliphatic heterocycles. The van der Waals surface area contributed by atoms with Gasteiger partial charge in [0.15, 0.2) is 0 Å². The summed E-state index contributed by atoms with van der Waals surface area (Å²) in [7, 11) is 0. The van der Waals surface area contributed by atoms with Crippen molar-refractivity contribution >= 4 is 0 Å². The molecule has 0 rings (SSSR count). The molecule has 0 heterocycles. The molecule has 0 radical (unpaired) electrons. The van der Waals surface area contributed by atoms with Crippen molar-refractivity contribution in [1.82, 2.24) is 0 Å². The summed E-state index contributed by atoms with van der Waals surface area (Å²) in [6.07, 6.45) is 3.39. The van der Waals surface area contributed by atoms with Gasteiger partial charge in [-0.25, -0.2) is 0 Å². The van der Waals surface area contributed by atoms with E-state index in [2.05, 4.69) is 19.7 Å². The minimum Gasteiger partial charge on any atom is -0.489 e. The maximum absolute atomic E-state index is 5.35. The van der Waals surface area contributed by atoms with E-state index in [1.807, 2.05) is 13.8 Å². The Kier molecular flexibility index (Phi) is 4.86. The Hall–Kier alpha value is -1.24. The summed E-state index contributed by atoms with van der Waals surface area (Å²) < 4.78 is 5.35. The third kappa shape index (κ3) is 3.24. The van der Waals surface area contributed by atoms with Crippen LogP contribution >= 0.6 is 0 Å². The summed E-state index contributed by atoms with van der Waals surface area (Å²) in [4.78, 5) is 0. The molecular weight excluding hydrogens is 148 g/mol. The topological polar surface area (TPSA) is 9.23 Å². The average Bonchev–Trinajstić information content (AvgIpc) is 2.05. The minimum absolute atomic E-state index is 0.506. The Balaban J connectivity index is 4.49. The smallest absolute Gasteiger partial charge is 0.122 e. The molecule has 0 saturated carbocycles. The molecular formula is C11H16O. The maximum Gasteiger partial charge on any atom is 0.122 e.